The highest BCUT2D eigenvalue weighted by atomic mass is 32.2. The summed E-state index contributed by atoms with van der Waals surface area (Å²) in [6.45, 7) is 5.05. The normalized spacial score (nSPS) is 11.2. The van der Waals surface area contributed by atoms with Gasteiger partial charge in [-0.1, -0.05) is 12.1 Å². The molecule has 2 N–H and O–H groups in total. The number of nitrogens with one attached hydrogen (secondary N) is 2. The third-order valence-electron chi connectivity index (χ3n) is 3.37. The average molecular weight is 388 g/mol. The van der Waals surface area contributed by atoms with E-state index in [0.29, 0.717) is 11.4 Å². The zero-order chi connectivity index (χ0) is 19.6. The second-order valence-corrected chi connectivity index (χ2v) is 7.31. The van der Waals surface area contributed by atoms with E-state index < -0.39 is 16.1 Å². The molecule has 0 aliphatic rings. The number of nitrogens with zero attached hydrogens (tertiary/aromatic N) is 4. The van der Waals surface area contributed by atoms with Crippen molar-refractivity contribution in [2.45, 2.75) is 25.7 Å². The zero-order valence-corrected chi connectivity index (χ0v) is 15.5. The molecule has 3 rings (SSSR count). The molecule has 0 radical (unpaired) electrons. The number of benzene rings is 1. The predicted octanol–water partition coefficient (Wildman–Crippen LogP) is 1.96. The summed E-state index contributed by atoms with van der Waals surface area (Å²) >= 11 is 0. The first-order chi connectivity index (χ1) is 12.7. The van der Waals surface area contributed by atoms with Crippen molar-refractivity contribution in [2.75, 3.05) is 5.32 Å². The number of hydrogen-bond donors (Lipinski definition) is 2. The van der Waals surface area contributed by atoms with Gasteiger partial charge in [-0.2, -0.15) is 0 Å². The van der Waals surface area contributed by atoms with Crippen LogP contribution in [-0.2, 0) is 10.0 Å². The Morgan fingerprint density at radius 1 is 1.04 bits per heavy atom. The Bertz CT molecular complexity index is 1090. The Morgan fingerprint density at radius 2 is 1.70 bits per heavy atom. The van der Waals surface area contributed by atoms with E-state index in [1.54, 1.807) is 32.9 Å². The first-order valence-electron chi connectivity index (χ1n) is 7.80. The van der Waals surface area contributed by atoms with Crippen LogP contribution in [0.2, 0.25) is 0 Å². The van der Waals surface area contributed by atoms with E-state index in [0.717, 1.165) is 0 Å². The SMILES string of the molecule is Cc1cc(C)nc(NC(=O)NS(=O)(=O)c2ccccc2-c2nnc(C)o2)n1. The number of rotatable bonds is 4. The summed E-state index contributed by atoms with van der Waals surface area (Å²) in [6.07, 6.45) is 0. The molecule has 11 heteroatoms. The van der Waals surface area contributed by atoms with Crippen molar-refractivity contribution in [3.05, 3.63) is 47.6 Å². The van der Waals surface area contributed by atoms with Crippen LogP contribution in [-0.4, -0.2) is 34.6 Å². The van der Waals surface area contributed by atoms with Crippen molar-refractivity contribution in [1.29, 1.82) is 0 Å². The Morgan fingerprint density at radius 3 is 2.33 bits per heavy atom. The number of carbonyl (C=O) groups excluding carboxylic acids is 1. The van der Waals surface area contributed by atoms with Crippen LogP contribution in [0, 0.1) is 20.8 Å². The molecule has 27 heavy (non-hydrogen) atoms. The first-order valence-corrected chi connectivity index (χ1v) is 9.28. The third-order valence-corrected chi connectivity index (χ3v) is 4.76. The molecule has 1 aromatic carbocycles. The molecule has 3 aromatic rings. The molecule has 140 valence electrons. The van der Waals surface area contributed by atoms with E-state index in [1.807, 2.05) is 4.72 Å². The van der Waals surface area contributed by atoms with Gasteiger partial charge < -0.3 is 4.42 Å². The van der Waals surface area contributed by atoms with Crippen molar-refractivity contribution in [3.8, 4) is 11.5 Å². The van der Waals surface area contributed by atoms with Gasteiger partial charge in [-0.15, -0.1) is 10.2 Å². The second-order valence-electron chi connectivity index (χ2n) is 5.66. The summed E-state index contributed by atoms with van der Waals surface area (Å²) in [5.74, 6) is 0.322. The highest BCUT2D eigenvalue weighted by molar-refractivity contribution is 7.90. The van der Waals surface area contributed by atoms with Gasteiger partial charge >= 0.3 is 6.03 Å². The van der Waals surface area contributed by atoms with Crippen molar-refractivity contribution in [2.24, 2.45) is 0 Å². The molecule has 10 nitrogen and oxygen atoms in total. The molecule has 0 unspecified atom stereocenters. The van der Waals surface area contributed by atoms with Crippen molar-refractivity contribution in [3.63, 3.8) is 0 Å². The van der Waals surface area contributed by atoms with E-state index in [-0.39, 0.29) is 28.2 Å². The minimum Gasteiger partial charge on any atom is -0.421 e. The number of amides is 2. The highest BCUT2D eigenvalue weighted by Crippen LogP contribution is 2.26. The minimum atomic E-state index is -4.21. The van der Waals surface area contributed by atoms with Crippen LogP contribution in [0.3, 0.4) is 0 Å². The Kier molecular flexibility index (Phi) is 4.86. The number of anilines is 1. The molecule has 0 aliphatic heterocycles. The molecule has 0 fully saturated rings. The smallest absolute Gasteiger partial charge is 0.335 e. The lowest BCUT2D eigenvalue weighted by Crippen LogP contribution is -2.35. The summed E-state index contributed by atoms with van der Waals surface area (Å²) in [6, 6.07) is 6.72. The maximum absolute atomic E-state index is 12.7. The minimum absolute atomic E-state index is 0.000936. The summed E-state index contributed by atoms with van der Waals surface area (Å²) in [5, 5.41) is 9.83. The number of aryl methyl sites for hydroxylation is 3. The molecule has 0 saturated heterocycles. The van der Waals surface area contributed by atoms with Gasteiger partial charge in [-0.05, 0) is 32.0 Å². The van der Waals surface area contributed by atoms with Crippen LogP contribution in [0.15, 0.2) is 39.6 Å². The van der Waals surface area contributed by atoms with Gasteiger partial charge in [0.25, 0.3) is 10.0 Å². The Hall–Kier alpha value is -3.34. The maximum Gasteiger partial charge on any atom is 0.335 e. The van der Waals surface area contributed by atoms with Crippen molar-refractivity contribution < 1.29 is 17.6 Å². The Labute approximate surface area is 155 Å². The van der Waals surface area contributed by atoms with Gasteiger partial charge in [-0.25, -0.2) is 27.9 Å². The second kappa shape index (κ2) is 7.11. The number of aromatic nitrogens is 4. The molecule has 2 aromatic heterocycles. The van der Waals surface area contributed by atoms with Gasteiger partial charge in [0.1, 0.15) is 4.90 Å². The fraction of sp³-hybridized carbons (Fsp3) is 0.188. The van der Waals surface area contributed by atoms with E-state index >= 15 is 0 Å². The molecular formula is C16H16N6O4S. The summed E-state index contributed by atoms with van der Waals surface area (Å²) in [4.78, 5) is 20.0. The lowest BCUT2D eigenvalue weighted by molar-refractivity contribution is 0.256. The molecule has 0 bridgehead atoms. The summed E-state index contributed by atoms with van der Waals surface area (Å²) in [5.41, 5.74) is 1.46. The topological polar surface area (TPSA) is 140 Å². The summed E-state index contributed by atoms with van der Waals surface area (Å²) in [7, 11) is -4.21. The Balaban J connectivity index is 1.86. The number of urea groups is 1. The zero-order valence-electron chi connectivity index (χ0n) is 14.7. The lowest BCUT2D eigenvalue weighted by Gasteiger charge is -2.10. The predicted molar refractivity (Wildman–Crippen MR) is 95.3 cm³/mol. The number of carbonyl (C=O) groups is 1. The van der Waals surface area contributed by atoms with Crippen LogP contribution in [0.5, 0.6) is 0 Å². The largest absolute Gasteiger partial charge is 0.421 e. The highest BCUT2D eigenvalue weighted by Gasteiger charge is 2.24. The monoisotopic (exact) mass is 388 g/mol. The van der Waals surface area contributed by atoms with E-state index in [4.69, 9.17) is 4.42 Å². The van der Waals surface area contributed by atoms with E-state index in [9.17, 15) is 13.2 Å². The van der Waals surface area contributed by atoms with Crippen molar-refractivity contribution >= 4 is 22.0 Å². The quantitative estimate of drug-likeness (QED) is 0.691. The molecule has 0 saturated carbocycles. The fourth-order valence-electron chi connectivity index (χ4n) is 2.37. The number of sulfonamides is 1. The molecule has 0 aliphatic carbocycles. The van der Waals surface area contributed by atoms with Gasteiger partial charge in [0.15, 0.2) is 0 Å². The van der Waals surface area contributed by atoms with Crippen LogP contribution in [0.25, 0.3) is 11.5 Å². The van der Waals surface area contributed by atoms with Crippen molar-refractivity contribution in [1.82, 2.24) is 24.9 Å². The molecule has 2 amide bonds. The van der Waals surface area contributed by atoms with E-state index in [1.165, 1.54) is 18.2 Å². The summed E-state index contributed by atoms with van der Waals surface area (Å²) < 4.78 is 32.6. The maximum atomic E-state index is 12.7. The molecular weight excluding hydrogens is 372 g/mol. The molecule has 0 spiro atoms. The fourth-order valence-corrected chi connectivity index (χ4v) is 3.48. The van der Waals surface area contributed by atoms with E-state index in [2.05, 4.69) is 25.5 Å². The third kappa shape index (κ3) is 4.26. The van der Waals surface area contributed by atoms with Gasteiger partial charge in [0.05, 0.1) is 5.56 Å². The average Bonchev–Trinajstić information content (AvgIpc) is 2.99. The van der Waals surface area contributed by atoms with Crippen LogP contribution in [0.4, 0.5) is 10.7 Å². The number of hydrogen-bond acceptors (Lipinski definition) is 8. The van der Waals surface area contributed by atoms with Gasteiger partial charge in [0.2, 0.25) is 17.7 Å². The van der Waals surface area contributed by atoms with Gasteiger partial charge in [0, 0.05) is 18.3 Å². The van der Waals surface area contributed by atoms with Gasteiger partial charge in [-0.3, -0.25) is 5.32 Å². The lowest BCUT2D eigenvalue weighted by atomic mass is 10.2. The van der Waals surface area contributed by atoms with Crippen LogP contribution >= 0.6 is 0 Å². The van der Waals surface area contributed by atoms with Crippen LogP contribution in [0.1, 0.15) is 17.3 Å². The molecule has 2 heterocycles. The first kappa shape index (κ1) is 18.5. The van der Waals surface area contributed by atoms with Crippen LogP contribution < -0.4 is 10.0 Å². The standard InChI is InChI=1S/C16H16N6O4S/c1-9-8-10(2)18-15(17-9)19-16(23)22-27(24,25)13-7-5-4-6-12(13)14-21-20-11(3)26-14/h4-8H,1-3H3,(H2,17,18,19,22,23). The molecule has 0 atom stereocenters.